The van der Waals surface area contributed by atoms with E-state index in [0.717, 1.165) is 25.7 Å². The van der Waals surface area contributed by atoms with Crippen molar-refractivity contribution in [2.45, 2.75) is 46.3 Å². The smallest absolute Gasteiger partial charge is 0.170 e. The highest BCUT2D eigenvalue weighted by Gasteiger charge is 2.20. The summed E-state index contributed by atoms with van der Waals surface area (Å²) in [5.41, 5.74) is 0. The first-order valence-corrected chi connectivity index (χ1v) is 6.75. The Bertz CT molecular complexity index is 161. The van der Waals surface area contributed by atoms with Crippen LogP contribution in [0.5, 0.6) is 0 Å². The number of hydrogen-bond acceptors (Lipinski definition) is 3. The topological polar surface area (TPSA) is 21.7 Å². The van der Waals surface area contributed by atoms with Gasteiger partial charge in [0, 0.05) is 19.8 Å². The molecule has 1 aliphatic heterocycles. The third-order valence-corrected chi connectivity index (χ3v) is 3.40. The Labute approximate surface area is 100 Å². The van der Waals surface area contributed by atoms with Crippen LogP contribution in [0.15, 0.2) is 0 Å². The molecule has 0 aliphatic carbocycles. The standard InChI is InChI=1S/C13H27NO2/c1-4-12-7-9-14(10-8-12)11-13(15-5-2)16-6-3/h12-13H,4-11H2,1-3H3. The molecule has 0 atom stereocenters. The van der Waals surface area contributed by atoms with E-state index >= 15 is 0 Å². The van der Waals surface area contributed by atoms with Gasteiger partial charge in [-0.1, -0.05) is 13.3 Å². The first kappa shape index (κ1) is 13.9. The Morgan fingerprint density at radius 2 is 1.62 bits per heavy atom. The van der Waals surface area contributed by atoms with Gasteiger partial charge in [-0.3, -0.25) is 4.90 Å². The summed E-state index contributed by atoms with van der Waals surface area (Å²) in [6, 6.07) is 0. The van der Waals surface area contributed by atoms with E-state index in [1.54, 1.807) is 0 Å². The zero-order valence-electron chi connectivity index (χ0n) is 11.1. The summed E-state index contributed by atoms with van der Waals surface area (Å²) in [5.74, 6) is 0.939. The van der Waals surface area contributed by atoms with Crippen LogP contribution in [-0.4, -0.2) is 44.0 Å². The van der Waals surface area contributed by atoms with Crippen molar-refractivity contribution in [3.05, 3.63) is 0 Å². The van der Waals surface area contributed by atoms with Gasteiger partial charge in [0.1, 0.15) is 0 Å². The van der Waals surface area contributed by atoms with Gasteiger partial charge in [0.05, 0.1) is 0 Å². The Balaban J connectivity index is 2.24. The Kier molecular flexibility index (Phi) is 7.01. The first-order chi connectivity index (χ1) is 7.80. The van der Waals surface area contributed by atoms with Gasteiger partial charge < -0.3 is 9.47 Å². The monoisotopic (exact) mass is 229 g/mol. The zero-order valence-corrected chi connectivity index (χ0v) is 11.1. The van der Waals surface area contributed by atoms with Gasteiger partial charge in [-0.25, -0.2) is 0 Å². The van der Waals surface area contributed by atoms with E-state index in [-0.39, 0.29) is 6.29 Å². The number of likely N-dealkylation sites (tertiary alicyclic amines) is 1. The van der Waals surface area contributed by atoms with E-state index in [1.165, 1.54) is 32.4 Å². The molecule has 1 aliphatic rings. The predicted molar refractivity (Wildman–Crippen MR) is 66.5 cm³/mol. The van der Waals surface area contributed by atoms with Crippen molar-refractivity contribution >= 4 is 0 Å². The van der Waals surface area contributed by atoms with Crippen LogP contribution in [0, 0.1) is 5.92 Å². The van der Waals surface area contributed by atoms with E-state index in [9.17, 15) is 0 Å². The molecule has 0 bridgehead atoms. The van der Waals surface area contributed by atoms with E-state index in [2.05, 4.69) is 11.8 Å². The highest BCUT2D eigenvalue weighted by Crippen LogP contribution is 2.20. The maximum Gasteiger partial charge on any atom is 0.170 e. The minimum atomic E-state index is -0.0341. The number of rotatable bonds is 7. The van der Waals surface area contributed by atoms with Crippen molar-refractivity contribution in [1.82, 2.24) is 4.90 Å². The summed E-state index contributed by atoms with van der Waals surface area (Å²) in [5, 5.41) is 0. The molecule has 3 heteroatoms. The van der Waals surface area contributed by atoms with E-state index in [4.69, 9.17) is 9.47 Å². The first-order valence-electron chi connectivity index (χ1n) is 6.75. The summed E-state index contributed by atoms with van der Waals surface area (Å²) in [6.07, 6.45) is 3.96. The van der Waals surface area contributed by atoms with Crippen LogP contribution in [0.3, 0.4) is 0 Å². The molecule has 1 heterocycles. The fraction of sp³-hybridized carbons (Fsp3) is 1.00. The molecule has 0 amide bonds. The number of piperidine rings is 1. The molecular formula is C13H27NO2. The van der Waals surface area contributed by atoms with Gasteiger partial charge >= 0.3 is 0 Å². The van der Waals surface area contributed by atoms with Gasteiger partial charge in [0.2, 0.25) is 0 Å². The van der Waals surface area contributed by atoms with Crippen molar-refractivity contribution < 1.29 is 9.47 Å². The summed E-state index contributed by atoms with van der Waals surface area (Å²) in [7, 11) is 0. The van der Waals surface area contributed by atoms with Crippen molar-refractivity contribution in [3.8, 4) is 0 Å². The van der Waals surface area contributed by atoms with Crippen LogP contribution >= 0.6 is 0 Å². The highest BCUT2D eigenvalue weighted by molar-refractivity contribution is 4.72. The van der Waals surface area contributed by atoms with Crippen LogP contribution < -0.4 is 0 Å². The van der Waals surface area contributed by atoms with Gasteiger partial charge in [-0.2, -0.15) is 0 Å². The maximum absolute atomic E-state index is 5.57. The molecule has 0 aromatic heterocycles. The SMILES string of the molecule is CCOC(CN1CCC(CC)CC1)OCC. The quantitative estimate of drug-likeness (QED) is 0.626. The molecule has 96 valence electrons. The normalized spacial score (nSPS) is 19.5. The second-order valence-corrected chi connectivity index (χ2v) is 4.49. The van der Waals surface area contributed by atoms with E-state index in [1.807, 2.05) is 13.8 Å². The Morgan fingerprint density at radius 1 is 1.06 bits per heavy atom. The molecule has 0 N–H and O–H groups in total. The van der Waals surface area contributed by atoms with Crippen molar-refractivity contribution in [2.75, 3.05) is 32.8 Å². The van der Waals surface area contributed by atoms with Gasteiger partial charge in [-0.05, 0) is 45.7 Å². The fourth-order valence-corrected chi connectivity index (χ4v) is 2.31. The number of nitrogens with zero attached hydrogens (tertiary/aromatic N) is 1. The lowest BCUT2D eigenvalue weighted by Gasteiger charge is -2.33. The summed E-state index contributed by atoms with van der Waals surface area (Å²) >= 11 is 0. The molecule has 0 unspecified atom stereocenters. The van der Waals surface area contributed by atoms with Crippen LogP contribution in [0.4, 0.5) is 0 Å². The summed E-state index contributed by atoms with van der Waals surface area (Å²) in [6.45, 7) is 11.1. The third kappa shape index (κ3) is 4.81. The fourth-order valence-electron chi connectivity index (χ4n) is 2.31. The molecule has 1 fully saturated rings. The molecule has 0 aromatic rings. The van der Waals surface area contributed by atoms with E-state index < -0.39 is 0 Å². The molecule has 0 aromatic carbocycles. The van der Waals surface area contributed by atoms with Gasteiger partial charge in [0.15, 0.2) is 6.29 Å². The zero-order chi connectivity index (χ0) is 11.8. The second kappa shape index (κ2) is 8.04. The van der Waals surface area contributed by atoms with Crippen LogP contribution in [0.1, 0.15) is 40.0 Å². The van der Waals surface area contributed by atoms with Crippen LogP contribution in [0.25, 0.3) is 0 Å². The predicted octanol–water partition coefficient (Wildman–Crippen LogP) is 2.51. The van der Waals surface area contributed by atoms with Crippen LogP contribution in [0.2, 0.25) is 0 Å². The molecular weight excluding hydrogens is 202 g/mol. The van der Waals surface area contributed by atoms with Crippen molar-refractivity contribution in [3.63, 3.8) is 0 Å². The summed E-state index contributed by atoms with van der Waals surface area (Å²) < 4.78 is 11.1. The lowest BCUT2D eigenvalue weighted by Crippen LogP contribution is -2.40. The van der Waals surface area contributed by atoms with Gasteiger partial charge in [-0.15, -0.1) is 0 Å². The maximum atomic E-state index is 5.57. The molecule has 0 saturated carbocycles. The second-order valence-electron chi connectivity index (χ2n) is 4.49. The average molecular weight is 229 g/mol. The molecule has 0 spiro atoms. The average Bonchev–Trinajstić information content (AvgIpc) is 2.31. The van der Waals surface area contributed by atoms with Crippen molar-refractivity contribution in [2.24, 2.45) is 5.92 Å². The van der Waals surface area contributed by atoms with Gasteiger partial charge in [0.25, 0.3) is 0 Å². The molecule has 0 radical (unpaired) electrons. The van der Waals surface area contributed by atoms with Crippen molar-refractivity contribution in [1.29, 1.82) is 0 Å². The molecule has 16 heavy (non-hydrogen) atoms. The highest BCUT2D eigenvalue weighted by atomic mass is 16.7. The lowest BCUT2D eigenvalue weighted by molar-refractivity contribution is -0.149. The molecule has 1 saturated heterocycles. The third-order valence-electron chi connectivity index (χ3n) is 3.40. The Morgan fingerprint density at radius 3 is 2.06 bits per heavy atom. The number of ether oxygens (including phenoxy) is 2. The Hall–Kier alpha value is -0.120. The largest absolute Gasteiger partial charge is 0.352 e. The summed E-state index contributed by atoms with van der Waals surface area (Å²) in [4.78, 5) is 2.47. The lowest BCUT2D eigenvalue weighted by atomic mass is 9.94. The van der Waals surface area contributed by atoms with E-state index in [0.29, 0.717) is 0 Å². The minimum absolute atomic E-state index is 0.0341. The molecule has 1 rings (SSSR count). The number of hydrogen-bond donors (Lipinski definition) is 0. The minimum Gasteiger partial charge on any atom is -0.352 e. The molecule has 3 nitrogen and oxygen atoms in total. The van der Waals surface area contributed by atoms with Crippen LogP contribution in [-0.2, 0) is 9.47 Å².